The van der Waals surface area contributed by atoms with Gasteiger partial charge in [0.2, 0.25) is 41.4 Å². The standard InChI is InChI=1S/C49H74N10O15S3/c1-6-25(3)42-46(70)53-19-40(66)55-34(23-77(73)48-31(7-2)32-9-8-29(61)16-33(32)56-48)36(63)14-28(15-39(65)50-10-12-74-13-11-51-45(69)38-22-75-24-76-38)49(72)59-20-30(62)17-35(59)44(68)58-43(26(4)37(64)21-60)47(71)54-27(5)52-18-41(67)57-42/h8-9,16,22,25-28,30-31,34-35,37,42-43,48,52,56,60-62,64H,6-7,10-15,17-21,23-24H2,1-5H3,(H,50,65)(H,51,69)(H,53,70)(H,54,71)(H,55,66)(H,57,67)(H,58,68)/t25-,26?,27?,28-,30+,31?,34-,35-,37-,42-,43-,48?,77?/m0/s1. The second-order valence-electron chi connectivity index (χ2n) is 19.5. The van der Waals surface area contributed by atoms with Gasteiger partial charge in [-0.1, -0.05) is 40.2 Å². The van der Waals surface area contributed by atoms with Crippen molar-refractivity contribution in [3.05, 3.63) is 34.1 Å². The first-order chi connectivity index (χ1) is 36.6. The van der Waals surface area contributed by atoms with Crippen LogP contribution in [-0.2, 0) is 58.7 Å². The van der Waals surface area contributed by atoms with E-state index in [0.29, 0.717) is 23.4 Å². The van der Waals surface area contributed by atoms with E-state index in [1.165, 1.54) is 49.5 Å². The van der Waals surface area contributed by atoms with E-state index >= 15 is 0 Å². The first-order valence-corrected chi connectivity index (χ1v) is 29.1. The van der Waals surface area contributed by atoms with Gasteiger partial charge >= 0.3 is 0 Å². The number of anilines is 1. The number of thioether (sulfide) groups is 2. The van der Waals surface area contributed by atoms with Gasteiger partial charge < -0.3 is 72.6 Å². The third kappa shape index (κ3) is 17.8. The number of phenols is 1. The Morgan fingerprint density at radius 2 is 1.64 bits per heavy atom. The summed E-state index contributed by atoms with van der Waals surface area (Å²) in [5.41, 5.74) is 1.27. The lowest BCUT2D eigenvalue weighted by Gasteiger charge is -2.32. The van der Waals surface area contributed by atoms with Crippen molar-refractivity contribution >= 4 is 93.1 Å². The first-order valence-electron chi connectivity index (χ1n) is 25.7. The SMILES string of the molecule is CCC1c2ccc(O)cc2NC1S(=O)C[C@@H]1NC(=O)CNC(=O)[C@H]([C@@H](C)CC)NC(=O)CNC(C)NC(=O)[C@H](C(C)[C@@H](O)CO)NC(=O)[C@@H]2C[C@@H](O)CN2C(=O)[C@H](CC(=O)NCCOCCNC(=O)C2=CSCS2)CC1=O. The molecule has 5 unspecified atom stereocenters. The molecule has 2 saturated heterocycles. The Morgan fingerprint density at radius 1 is 0.922 bits per heavy atom. The lowest BCUT2D eigenvalue weighted by molar-refractivity contribution is -0.145. The molecule has 5 rings (SSSR count). The fourth-order valence-corrected chi connectivity index (χ4v) is 13.0. The number of nitrogens with one attached hydrogen (secondary N) is 9. The summed E-state index contributed by atoms with van der Waals surface area (Å²) in [7, 11) is -1.98. The van der Waals surface area contributed by atoms with Gasteiger partial charge in [0.05, 0.1) is 73.9 Å². The Bertz CT molecular complexity index is 2370. The van der Waals surface area contributed by atoms with Gasteiger partial charge in [0, 0.05) is 78.4 Å². The zero-order valence-corrected chi connectivity index (χ0v) is 46.2. The minimum absolute atomic E-state index is 0.0155. The Balaban J connectivity index is 1.46. The van der Waals surface area contributed by atoms with E-state index in [2.05, 4.69) is 47.9 Å². The number of rotatable bonds is 18. The van der Waals surface area contributed by atoms with E-state index in [0.717, 1.165) is 15.5 Å². The normalized spacial score (nSPS) is 27.7. The van der Waals surface area contributed by atoms with Crippen LogP contribution in [0.2, 0.25) is 0 Å². The van der Waals surface area contributed by atoms with E-state index in [-0.39, 0.29) is 50.3 Å². The molecule has 4 heterocycles. The van der Waals surface area contributed by atoms with E-state index in [9.17, 15) is 67.8 Å². The molecule has 1 aromatic carbocycles. The number of hydrogen-bond donors (Lipinski definition) is 13. The average Bonchev–Trinajstić information content (AvgIpc) is 4.19. The molecule has 4 aliphatic rings. The molecule has 28 heteroatoms. The molecule has 2 fully saturated rings. The van der Waals surface area contributed by atoms with Gasteiger partial charge in [-0.15, -0.1) is 23.5 Å². The van der Waals surface area contributed by atoms with E-state index in [4.69, 9.17) is 4.74 Å². The number of hydrogen-bond acceptors (Lipinski definition) is 19. The van der Waals surface area contributed by atoms with Crippen molar-refractivity contribution in [2.45, 2.75) is 121 Å². The summed E-state index contributed by atoms with van der Waals surface area (Å²) in [5, 5.41) is 67.6. The first kappa shape index (κ1) is 62.5. The summed E-state index contributed by atoms with van der Waals surface area (Å²) < 4.78 is 20.1. The molecule has 0 saturated carbocycles. The van der Waals surface area contributed by atoms with Crippen LogP contribution in [0.4, 0.5) is 5.69 Å². The van der Waals surface area contributed by atoms with Gasteiger partial charge in [0.15, 0.2) is 5.78 Å². The number of Topliss-reactive ketones (excluding diaryl/α,β-unsaturated/α-hetero) is 1. The van der Waals surface area contributed by atoms with Crippen LogP contribution >= 0.6 is 23.5 Å². The van der Waals surface area contributed by atoms with Gasteiger partial charge in [-0.3, -0.25) is 52.7 Å². The number of ketones is 1. The highest BCUT2D eigenvalue weighted by molar-refractivity contribution is 8.22. The van der Waals surface area contributed by atoms with Crippen LogP contribution in [0.15, 0.2) is 28.5 Å². The molecule has 13 atom stereocenters. The van der Waals surface area contributed by atoms with Crippen LogP contribution in [-0.4, -0.2) is 194 Å². The van der Waals surface area contributed by atoms with Crippen LogP contribution in [0.5, 0.6) is 5.75 Å². The number of phenolic OH excluding ortho intramolecular Hbond substituents is 1. The highest BCUT2D eigenvalue weighted by Crippen LogP contribution is 2.41. The topological polar surface area (TPSA) is 372 Å². The molecule has 77 heavy (non-hydrogen) atoms. The van der Waals surface area contributed by atoms with Crippen molar-refractivity contribution in [1.82, 2.24) is 47.4 Å². The number of nitrogens with zero attached hydrogens (tertiary/aromatic N) is 1. The summed E-state index contributed by atoms with van der Waals surface area (Å²) in [6.07, 6.45) is -4.74. The van der Waals surface area contributed by atoms with Gasteiger partial charge in [-0.25, -0.2) is 0 Å². The lowest BCUT2D eigenvalue weighted by atomic mass is 9.93. The molecular weight excluding hydrogens is 1060 g/mol. The van der Waals surface area contributed by atoms with Crippen molar-refractivity contribution in [3.8, 4) is 5.75 Å². The van der Waals surface area contributed by atoms with Crippen molar-refractivity contribution in [2.24, 2.45) is 17.8 Å². The molecule has 0 aromatic heterocycles. The quantitative estimate of drug-likeness (QED) is 0.0677. The van der Waals surface area contributed by atoms with Crippen molar-refractivity contribution in [3.63, 3.8) is 0 Å². The highest BCUT2D eigenvalue weighted by Gasteiger charge is 2.45. The number of aliphatic hydroxyl groups excluding tert-OH is 3. The molecule has 428 valence electrons. The maximum atomic E-state index is 14.9. The van der Waals surface area contributed by atoms with Gasteiger partial charge in [0.1, 0.15) is 29.2 Å². The predicted molar refractivity (Wildman–Crippen MR) is 287 cm³/mol. The van der Waals surface area contributed by atoms with E-state index in [1.807, 2.05) is 6.92 Å². The number of ether oxygens (including phenoxy) is 1. The average molecular weight is 1140 g/mol. The lowest BCUT2D eigenvalue weighted by Crippen LogP contribution is -2.60. The minimum atomic E-state index is -1.98. The molecule has 25 nitrogen and oxygen atoms in total. The summed E-state index contributed by atoms with van der Waals surface area (Å²) in [6, 6.07) is -1.21. The van der Waals surface area contributed by atoms with Crippen LogP contribution in [0.25, 0.3) is 0 Å². The zero-order valence-electron chi connectivity index (χ0n) is 43.8. The second kappa shape index (κ2) is 30.1. The highest BCUT2D eigenvalue weighted by atomic mass is 32.2. The van der Waals surface area contributed by atoms with E-state index < -0.39 is 168 Å². The molecular formula is C49H74N10O15S3. The number of carbonyl (C=O) groups is 9. The van der Waals surface area contributed by atoms with Crippen molar-refractivity contribution < 1.29 is 72.5 Å². The molecule has 0 spiro atoms. The number of aliphatic hydroxyl groups is 3. The van der Waals surface area contributed by atoms with Crippen LogP contribution < -0.4 is 47.9 Å². The number of fused-ring (bicyclic) bond motifs is 2. The smallest absolute Gasteiger partial charge is 0.258 e. The van der Waals surface area contributed by atoms with Crippen LogP contribution in [0.1, 0.15) is 78.2 Å². The monoisotopic (exact) mass is 1140 g/mol. The summed E-state index contributed by atoms with van der Waals surface area (Å²) in [5.74, 6) is -11.1. The maximum absolute atomic E-state index is 14.9. The van der Waals surface area contributed by atoms with Crippen molar-refractivity contribution in [1.29, 1.82) is 0 Å². The predicted octanol–water partition coefficient (Wildman–Crippen LogP) is -2.49. The molecule has 0 bridgehead atoms. The summed E-state index contributed by atoms with van der Waals surface area (Å²) in [4.78, 5) is 126. The molecule has 1 aromatic rings. The van der Waals surface area contributed by atoms with Gasteiger partial charge in [-0.05, 0) is 36.3 Å². The number of aromatic hydroxyl groups is 1. The largest absolute Gasteiger partial charge is 0.508 e. The number of benzene rings is 1. The fourth-order valence-electron chi connectivity index (χ4n) is 9.22. The van der Waals surface area contributed by atoms with Crippen molar-refractivity contribution in [2.75, 3.05) is 68.7 Å². The Hall–Kier alpha value is -5.36. The Kier molecular flexibility index (Phi) is 24.4. The van der Waals surface area contributed by atoms with E-state index in [1.54, 1.807) is 25.3 Å². The fraction of sp³-hybridized carbons (Fsp3) is 0.653. The third-order valence-electron chi connectivity index (χ3n) is 13.8. The summed E-state index contributed by atoms with van der Waals surface area (Å²) >= 11 is 2.93. The zero-order chi connectivity index (χ0) is 56.5. The Morgan fingerprint density at radius 3 is 2.31 bits per heavy atom. The molecule has 13 N–H and O–H groups in total. The molecule has 0 aliphatic carbocycles. The van der Waals surface area contributed by atoms with Gasteiger partial charge in [-0.2, -0.15) is 0 Å². The minimum Gasteiger partial charge on any atom is -0.508 e. The van der Waals surface area contributed by atoms with Crippen LogP contribution in [0, 0.1) is 17.8 Å². The number of carbonyl (C=O) groups excluding carboxylic acids is 9. The third-order valence-corrected chi connectivity index (χ3v) is 17.7. The second-order valence-corrected chi connectivity index (χ2v) is 23.3. The van der Waals surface area contributed by atoms with Gasteiger partial charge in [0.25, 0.3) is 5.91 Å². The maximum Gasteiger partial charge on any atom is 0.258 e. The summed E-state index contributed by atoms with van der Waals surface area (Å²) in [6.45, 7) is 5.99. The molecule has 8 amide bonds. The van der Waals surface area contributed by atoms with Crippen LogP contribution in [0.3, 0.4) is 0 Å². The molecule has 4 aliphatic heterocycles. The number of amides is 8. The Labute approximate surface area is 457 Å². The molecule has 0 radical (unpaired) electrons.